The molecule has 80 valence electrons. The van der Waals surface area contributed by atoms with E-state index in [0.717, 1.165) is 16.4 Å². The molecule has 0 N–H and O–H groups in total. The molecular weight excluding hydrogens is 206 g/mol. The van der Waals surface area contributed by atoms with Crippen molar-refractivity contribution in [3.63, 3.8) is 0 Å². The summed E-state index contributed by atoms with van der Waals surface area (Å²) in [5.74, 6) is 0. The summed E-state index contributed by atoms with van der Waals surface area (Å²) < 4.78 is 0. The van der Waals surface area contributed by atoms with E-state index in [4.69, 9.17) is 0 Å². The Kier molecular flexibility index (Phi) is 4.37. The van der Waals surface area contributed by atoms with Crippen LogP contribution < -0.4 is 0 Å². The molecule has 0 aliphatic heterocycles. The molecule has 15 heavy (non-hydrogen) atoms. The second-order valence-corrected chi connectivity index (χ2v) is 4.73. The number of aryl methyl sites for hydroxylation is 4. The summed E-state index contributed by atoms with van der Waals surface area (Å²) in [6.07, 6.45) is 5.38. The molecule has 2 rings (SSSR count). The van der Waals surface area contributed by atoms with E-state index in [1.807, 2.05) is 27.0 Å². The Bertz CT molecular complexity index is 390. The van der Waals surface area contributed by atoms with Crippen molar-refractivity contribution in [1.29, 1.82) is 0 Å². The fourth-order valence-electron chi connectivity index (χ4n) is 1.06. The van der Waals surface area contributed by atoms with Crippen molar-refractivity contribution in [2.45, 2.75) is 27.7 Å². The quantitative estimate of drug-likeness (QED) is 0.686. The smallest absolute Gasteiger partial charge is 0.0896 e. The van der Waals surface area contributed by atoms with Gasteiger partial charge in [-0.3, -0.25) is 9.97 Å². The highest BCUT2D eigenvalue weighted by Gasteiger charge is 1.86. The van der Waals surface area contributed by atoms with E-state index in [0.29, 0.717) is 0 Å². The highest BCUT2D eigenvalue weighted by molar-refractivity contribution is 7.11. The van der Waals surface area contributed by atoms with Gasteiger partial charge in [-0.05, 0) is 27.7 Å². The van der Waals surface area contributed by atoms with Gasteiger partial charge in [0.05, 0.1) is 16.4 Å². The van der Waals surface area contributed by atoms with E-state index in [1.54, 1.807) is 23.7 Å². The minimum absolute atomic E-state index is 0.977. The second kappa shape index (κ2) is 5.56. The molecule has 2 aromatic heterocycles. The number of thiazole rings is 1. The maximum absolute atomic E-state index is 4.11. The van der Waals surface area contributed by atoms with Crippen LogP contribution in [0.15, 0.2) is 18.6 Å². The fourth-order valence-corrected chi connectivity index (χ4v) is 1.73. The van der Waals surface area contributed by atoms with Crippen molar-refractivity contribution in [2.24, 2.45) is 0 Å². The van der Waals surface area contributed by atoms with Crippen molar-refractivity contribution in [3.05, 3.63) is 39.9 Å². The Labute approximate surface area is 94.3 Å². The summed E-state index contributed by atoms with van der Waals surface area (Å²) in [6, 6.07) is 0. The number of aromatic nitrogens is 3. The monoisotopic (exact) mass is 221 g/mol. The summed E-state index contributed by atoms with van der Waals surface area (Å²) in [5.41, 5.74) is 1.95. The SMILES string of the molecule is Cc1cnc(C)s1.Cc1cncc(C)n1. The van der Waals surface area contributed by atoms with Crippen molar-refractivity contribution < 1.29 is 0 Å². The zero-order chi connectivity index (χ0) is 11.3. The van der Waals surface area contributed by atoms with Crippen LogP contribution in [0.5, 0.6) is 0 Å². The molecule has 0 aromatic carbocycles. The van der Waals surface area contributed by atoms with Crippen LogP contribution in [0.4, 0.5) is 0 Å². The minimum atomic E-state index is 0.977. The Morgan fingerprint density at radius 3 is 1.73 bits per heavy atom. The molecule has 2 aromatic rings. The first-order chi connectivity index (χ1) is 7.08. The summed E-state index contributed by atoms with van der Waals surface area (Å²) in [4.78, 5) is 13.4. The maximum Gasteiger partial charge on any atom is 0.0896 e. The normalized spacial score (nSPS) is 9.33. The molecule has 0 saturated heterocycles. The van der Waals surface area contributed by atoms with Gasteiger partial charge in [0.2, 0.25) is 0 Å². The second-order valence-electron chi connectivity index (χ2n) is 3.29. The molecule has 0 atom stereocenters. The third-order valence-electron chi connectivity index (χ3n) is 1.61. The lowest BCUT2D eigenvalue weighted by Crippen LogP contribution is -1.85. The van der Waals surface area contributed by atoms with Crippen LogP contribution in [0.2, 0.25) is 0 Å². The average Bonchev–Trinajstić information content (AvgIpc) is 2.50. The van der Waals surface area contributed by atoms with Crippen molar-refractivity contribution in [2.75, 3.05) is 0 Å². The van der Waals surface area contributed by atoms with E-state index in [2.05, 4.69) is 21.9 Å². The maximum atomic E-state index is 4.11. The van der Waals surface area contributed by atoms with Crippen LogP contribution in [0.3, 0.4) is 0 Å². The van der Waals surface area contributed by atoms with E-state index in [1.165, 1.54) is 4.88 Å². The van der Waals surface area contributed by atoms with E-state index in [9.17, 15) is 0 Å². The van der Waals surface area contributed by atoms with Gasteiger partial charge < -0.3 is 0 Å². The summed E-state index contributed by atoms with van der Waals surface area (Å²) in [7, 11) is 0. The van der Waals surface area contributed by atoms with Crippen LogP contribution in [-0.2, 0) is 0 Å². The minimum Gasteiger partial charge on any atom is -0.261 e. The van der Waals surface area contributed by atoms with Gasteiger partial charge in [0.15, 0.2) is 0 Å². The highest BCUT2D eigenvalue weighted by atomic mass is 32.1. The molecule has 0 aliphatic carbocycles. The van der Waals surface area contributed by atoms with E-state index in [-0.39, 0.29) is 0 Å². The van der Waals surface area contributed by atoms with Gasteiger partial charge in [-0.2, -0.15) is 0 Å². The van der Waals surface area contributed by atoms with Crippen molar-refractivity contribution in [3.8, 4) is 0 Å². The zero-order valence-electron chi connectivity index (χ0n) is 9.48. The number of hydrogen-bond acceptors (Lipinski definition) is 4. The Morgan fingerprint density at radius 1 is 0.933 bits per heavy atom. The molecule has 3 nitrogen and oxygen atoms in total. The zero-order valence-corrected chi connectivity index (χ0v) is 10.3. The highest BCUT2D eigenvalue weighted by Crippen LogP contribution is 2.07. The number of nitrogens with zero attached hydrogens (tertiary/aromatic N) is 3. The third-order valence-corrected chi connectivity index (χ3v) is 2.44. The molecule has 2 heterocycles. The van der Waals surface area contributed by atoms with Gasteiger partial charge >= 0.3 is 0 Å². The van der Waals surface area contributed by atoms with Gasteiger partial charge in [0.1, 0.15) is 0 Å². The van der Waals surface area contributed by atoms with E-state index < -0.39 is 0 Å². The first kappa shape index (κ1) is 11.8. The predicted octanol–water partition coefficient (Wildman–Crippen LogP) is 2.85. The summed E-state index contributed by atoms with van der Waals surface area (Å²) in [6.45, 7) is 7.93. The molecule has 4 heteroatoms. The van der Waals surface area contributed by atoms with Crippen molar-refractivity contribution in [1.82, 2.24) is 15.0 Å². The lowest BCUT2D eigenvalue weighted by molar-refractivity contribution is 1.05. The third kappa shape index (κ3) is 4.65. The standard InChI is InChI=1S/C6H8N2.C5H7NS/c1-5-3-7-4-6(2)8-5;1-4-3-6-5(2)7-4/h3-4H,1-2H3;3H,1-2H3. The Hall–Kier alpha value is -1.29. The molecule has 0 radical (unpaired) electrons. The van der Waals surface area contributed by atoms with Crippen molar-refractivity contribution >= 4 is 11.3 Å². The molecule has 0 bridgehead atoms. The number of hydrogen-bond donors (Lipinski definition) is 0. The van der Waals surface area contributed by atoms with Gasteiger partial charge in [0.25, 0.3) is 0 Å². The van der Waals surface area contributed by atoms with Crippen LogP contribution in [-0.4, -0.2) is 15.0 Å². The molecular formula is C11H15N3S. The van der Waals surface area contributed by atoms with Crippen LogP contribution in [0.1, 0.15) is 21.3 Å². The van der Waals surface area contributed by atoms with Gasteiger partial charge in [-0.25, -0.2) is 4.98 Å². The van der Waals surface area contributed by atoms with Crippen LogP contribution in [0, 0.1) is 27.7 Å². The van der Waals surface area contributed by atoms with Crippen LogP contribution >= 0.6 is 11.3 Å². The predicted molar refractivity (Wildman–Crippen MR) is 63.1 cm³/mol. The topological polar surface area (TPSA) is 38.7 Å². The first-order valence-electron chi connectivity index (χ1n) is 4.72. The Balaban J connectivity index is 0.000000151. The molecule has 0 saturated carbocycles. The molecule has 0 aliphatic rings. The lowest BCUT2D eigenvalue weighted by atomic mass is 10.4. The Morgan fingerprint density at radius 2 is 1.53 bits per heavy atom. The van der Waals surface area contributed by atoms with Gasteiger partial charge in [-0.1, -0.05) is 0 Å². The largest absolute Gasteiger partial charge is 0.261 e. The van der Waals surface area contributed by atoms with Gasteiger partial charge in [0, 0.05) is 23.5 Å². The summed E-state index contributed by atoms with van der Waals surface area (Å²) >= 11 is 1.73. The molecule has 0 spiro atoms. The number of rotatable bonds is 0. The fraction of sp³-hybridized carbons (Fsp3) is 0.364. The average molecular weight is 221 g/mol. The molecule has 0 fully saturated rings. The lowest BCUT2D eigenvalue weighted by Gasteiger charge is -1.89. The summed E-state index contributed by atoms with van der Waals surface area (Å²) in [5, 5.41) is 1.15. The van der Waals surface area contributed by atoms with Crippen LogP contribution in [0.25, 0.3) is 0 Å². The van der Waals surface area contributed by atoms with E-state index >= 15 is 0 Å². The first-order valence-corrected chi connectivity index (χ1v) is 5.54. The molecule has 0 amide bonds. The van der Waals surface area contributed by atoms with Gasteiger partial charge in [-0.15, -0.1) is 11.3 Å². The molecule has 0 unspecified atom stereocenters.